The molecule has 8 nitrogen and oxygen atoms in total. The predicted octanol–water partition coefficient (Wildman–Crippen LogP) is 3.30. The number of ether oxygens (including phenoxy) is 1. The summed E-state index contributed by atoms with van der Waals surface area (Å²) in [6.07, 6.45) is 5.07. The first-order valence-electron chi connectivity index (χ1n) is 9.92. The summed E-state index contributed by atoms with van der Waals surface area (Å²) in [5.74, 6) is 0.366. The molecule has 1 amide bonds. The van der Waals surface area contributed by atoms with Gasteiger partial charge in [-0.15, -0.1) is 5.10 Å². The van der Waals surface area contributed by atoms with Crippen molar-refractivity contribution in [3.8, 4) is 11.4 Å². The minimum atomic E-state index is -0.207. The number of tetrazole rings is 1. The lowest BCUT2D eigenvalue weighted by Gasteiger charge is -2.31. The average molecular weight is 392 g/mol. The first kappa shape index (κ1) is 18.9. The lowest BCUT2D eigenvalue weighted by molar-refractivity contribution is 0.102. The maximum absolute atomic E-state index is 13.1. The van der Waals surface area contributed by atoms with E-state index in [0.29, 0.717) is 17.9 Å². The first-order chi connectivity index (χ1) is 14.3. The molecule has 4 rings (SSSR count). The summed E-state index contributed by atoms with van der Waals surface area (Å²) in [6, 6.07) is 13.2. The van der Waals surface area contributed by atoms with Crippen molar-refractivity contribution in [2.45, 2.75) is 26.2 Å². The summed E-state index contributed by atoms with van der Waals surface area (Å²) in [7, 11) is 0. The number of carbonyl (C=O) groups excluding carboxylic acids is 1. The van der Waals surface area contributed by atoms with Gasteiger partial charge in [0.1, 0.15) is 12.1 Å². The molecule has 3 aromatic rings. The highest BCUT2D eigenvalue weighted by Gasteiger charge is 2.19. The summed E-state index contributed by atoms with van der Waals surface area (Å²) in [5, 5.41) is 14.4. The Labute approximate surface area is 169 Å². The van der Waals surface area contributed by atoms with Gasteiger partial charge in [-0.3, -0.25) is 4.79 Å². The number of rotatable bonds is 6. The zero-order chi connectivity index (χ0) is 20.1. The molecular weight excluding hydrogens is 368 g/mol. The van der Waals surface area contributed by atoms with Crippen molar-refractivity contribution in [2.24, 2.45) is 0 Å². The molecule has 1 fully saturated rings. The van der Waals surface area contributed by atoms with E-state index in [0.717, 1.165) is 43.0 Å². The molecule has 1 N–H and O–H groups in total. The molecule has 1 aromatic heterocycles. The highest BCUT2D eigenvalue weighted by Crippen LogP contribution is 2.31. The Morgan fingerprint density at radius 1 is 1.14 bits per heavy atom. The molecule has 2 aromatic carbocycles. The van der Waals surface area contributed by atoms with Crippen LogP contribution in [0.1, 0.15) is 36.5 Å². The number of carbonyl (C=O) groups is 1. The molecule has 0 saturated carbocycles. The Bertz CT molecular complexity index is 967. The molecule has 8 heteroatoms. The van der Waals surface area contributed by atoms with Crippen molar-refractivity contribution >= 4 is 17.3 Å². The van der Waals surface area contributed by atoms with Crippen LogP contribution < -0.4 is 15.0 Å². The number of para-hydroxylation sites is 1. The molecule has 0 unspecified atom stereocenters. The number of amides is 1. The zero-order valence-corrected chi connectivity index (χ0v) is 16.4. The fourth-order valence-corrected chi connectivity index (χ4v) is 3.58. The fraction of sp³-hybridized carbons (Fsp3) is 0.333. The summed E-state index contributed by atoms with van der Waals surface area (Å²) in [5.41, 5.74) is 3.02. The predicted molar refractivity (Wildman–Crippen MR) is 111 cm³/mol. The van der Waals surface area contributed by atoms with Crippen LogP contribution >= 0.6 is 0 Å². The number of benzene rings is 2. The highest BCUT2D eigenvalue weighted by atomic mass is 16.5. The number of hydrogen-bond acceptors (Lipinski definition) is 6. The van der Waals surface area contributed by atoms with Crippen LogP contribution in [-0.2, 0) is 0 Å². The van der Waals surface area contributed by atoms with Crippen molar-refractivity contribution in [1.82, 2.24) is 20.2 Å². The van der Waals surface area contributed by atoms with Gasteiger partial charge in [0.2, 0.25) is 0 Å². The molecule has 1 aliphatic rings. The fourth-order valence-electron chi connectivity index (χ4n) is 3.58. The third-order valence-corrected chi connectivity index (χ3v) is 4.97. The minimum absolute atomic E-state index is 0.207. The molecule has 29 heavy (non-hydrogen) atoms. The van der Waals surface area contributed by atoms with Gasteiger partial charge in [-0.2, -0.15) is 0 Å². The standard InChI is InChI=1S/C21H24N6O2/c1-2-29-20-9-5-4-8-17(20)21(28)23-18-14-16(27-15-22-24-25-27)10-11-19(18)26-12-6-3-7-13-26/h4-5,8-11,14-15H,2-3,6-7,12-13H2,1H3,(H,23,28). The summed E-state index contributed by atoms with van der Waals surface area (Å²) in [6.45, 7) is 4.35. The van der Waals surface area contributed by atoms with E-state index in [1.807, 2.05) is 43.3 Å². The minimum Gasteiger partial charge on any atom is -0.493 e. The van der Waals surface area contributed by atoms with Crippen LogP contribution in [-0.4, -0.2) is 45.8 Å². The van der Waals surface area contributed by atoms with Crippen LogP contribution in [0.4, 0.5) is 11.4 Å². The Kier molecular flexibility index (Phi) is 5.69. The van der Waals surface area contributed by atoms with E-state index in [1.165, 1.54) is 12.7 Å². The van der Waals surface area contributed by atoms with E-state index < -0.39 is 0 Å². The topological polar surface area (TPSA) is 85.2 Å². The SMILES string of the molecule is CCOc1ccccc1C(=O)Nc1cc(-n2cnnn2)ccc1N1CCCCC1. The van der Waals surface area contributed by atoms with Gasteiger partial charge in [0.15, 0.2) is 0 Å². The largest absolute Gasteiger partial charge is 0.493 e. The molecule has 1 aliphatic heterocycles. The first-order valence-corrected chi connectivity index (χ1v) is 9.92. The van der Waals surface area contributed by atoms with Gasteiger partial charge in [-0.05, 0) is 66.9 Å². The molecule has 0 aliphatic carbocycles. The summed E-state index contributed by atoms with van der Waals surface area (Å²) >= 11 is 0. The molecule has 1 saturated heterocycles. The van der Waals surface area contributed by atoms with Gasteiger partial charge < -0.3 is 15.0 Å². The highest BCUT2D eigenvalue weighted by molar-refractivity contribution is 6.07. The van der Waals surface area contributed by atoms with Crippen molar-refractivity contribution in [3.63, 3.8) is 0 Å². The number of nitrogens with one attached hydrogen (secondary N) is 1. The molecule has 0 radical (unpaired) electrons. The van der Waals surface area contributed by atoms with Gasteiger partial charge in [0.05, 0.1) is 29.2 Å². The third kappa shape index (κ3) is 4.21. The van der Waals surface area contributed by atoms with E-state index in [2.05, 4.69) is 25.7 Å². The Morgan fingerprint density at radius 2 is 1.97 bits per heavy atom. The number of nitrogens with zero attached hydrogens (tertiary/aromatic N) is 5. The number of anilines is 2. The molecule has 0 spiro atoms. The maximum atomic E-state index is 13.1. The molecule has 0 atom stereocenters. The van der Waals surface area contributed by atoms with Crippen LogP contribution in [0.5, 0.6) is 5.75 Å². The summed E-state index contributed by atoms with van der Waals surface area (Å²) in [4.78, 5) is 15.4. The van der Waals surface area contributed by atoms with E-state index in [1.54, 1.807) is 10.7 Å². The maximum Gasteiger partial charge on any atom is 0.259 e. The summed E-state index contributed by atoms with van der Waals surface area (Å²) < 4.78 is 7.20. The molecule has 2 heterocycles. The van der Waals surface area contributed by atoms with Crippen molar-refractivity contribution in [2.75, 3.05) is 29.9 Å². The van der Waals surface area contributed by atoms with Gasteiger partial charge in [0, 0.05) is 13.1 Å². The Balaban J connectivity index is 1.68. The second kappa shape index (κ2) is 8.72. The van der Waals surface area contributed by atoms with Crippen molar-refractivity contribution in [1.29, 1.82) is 0 Å². The third-order valence-electron chi connectivity index (χ3n) is 4.97. The normalized spacial score (nSPS) is 13.9. The van der Waals surface area contributed by atoms with Gasteiger partial charge in [-0.1, -0.05) is 12.1 Å². The molecular formula is C21H24N6O2. The van der Waals surface area contributed by atoms with E-state index in [-0.39, 0.29) is 5.91 Å². The van der Waals surface area contributed by atoms with Crippen LogP contribution in [0.25, 0.3) is 5.69 Å². The molecule has 150 valence electrons. The second-order valence-electron chi connectivity index (χ2n) is 6.89. The average Bonchev–Trinajstić information content (AvgIpc) is 3.30. The van der Waals surface area contributed by atoms with Gasteiger partial charge in [-0.25, -0.2) is 4.68 Å². The molecule has 0 bridgehead atoms. The second-order valence-corrected chi connectivity index (χ2v) is 6.89. The lowest BCUT2D eigenvalue weighted by Crippen LogP contribution is -2.30. The van der Waals surface area contributed by atoms with E-state index in [4.69, 9.17) is 4.74 Å². The number of aromatic nitrogens is 4. The number of piperidine rings is 1. The van der Waals surface area contributed by atoms with E-state index >= 15 is 0 Å². The van der Waals surface area contributed by atoms with Crippen LogP contribution in [0.2, 0.25) is 0 Å². The zero-order valence-electron chi connectivity index (χ0n) is 16.4. The van der Waals surface area contributed by atoms with Crippen LogP contribution in [0, 0.1) is 0 Å². The van der Waals surface area contributed by atoms with Crippen LogP contribution in [0.15, 0.2) is 48.8 Å². The lowest BCUT2D eigenvalue weighted by atomic mass is 10.1. The quantitative estimate of drug-likeness (QED) is 0.693. The van der Waals surface area contributed by atoms with Gasteiger partial charge >= 0.3 is 0 Å². The Morgan fingerprint density at radius 3 is 2.72 bits per heavy atom. The van der Waals surface area contributed by atoms with E-state index in [9.17, 15) is 4.79 Å². The monoisotopic (exact) mass is 392 g/mol. The Hall–Kier alpha value is -3.42. The van der Waals surface area contributed by atoms with Crippen LogP contribution in [0.3, 0.4) is 0 Å². The van der Waals surface area contributed by atoms with Crippen molar-refractivity contribution < 1.29 is 9.53 Å². The smallest absolute Gasteiger partial charge is 0.259 e. The van der Waals surface area contributed by atoms with Crippen molar-refractivity contribution in [3.05, 3.63) is 54.4 Å². The van der Waals surface area contributed by atoms with Gasteiger partial charge in [0.25, 0.3) is 5.91 Å². The number of hydrogen-bond donors (Lipinski definition) is 1.